The van der Waals surface area contributed by atoms with E-state index in [0.29, 0.717) is 46.1 Å². The summed E-state index contributed by atoms with van der Waals surface area (Å²) >= 11 is 0. The first-order valence-corrected chi connectivity index (χ1v) is 10.3. The molecule has 176 valence electrons. The number of anilines is 1. The molecule has 0 fully saturated rings. The van der Waals surface area contributed by atoms with Gasteiger partial charge in [-0.05, 0) is 37.3 Å². The SMILES string of the molecule is CCNc1cc(-c2[nH]c3cc(C(O)C(F)(F)C(N)=O)cnc3c2-c2ccc(OC)cn2)ccn1. The number of fused-ring (bicyclic) bond motifs is 1. The fourth-order valence-electron chi connectivity index (χ4n) is 3.56. The lowest BCUT2D eigenvalue weighted by atomic mass is 10.0. The molecule has 0 aromatic carbocycles. The van der Waals surface area contributed by atoms with Gasteiger partial charge in [0.25, 0.3) is 5.91 Å². The summed E-state index contributed by atoms with van der Waals surface area (Å²) < 4.78 is 33.2. The molecule has 0 saturated carbocycles. The van der Waals surface area contributed by atoms with Crippen molar-refractivity contribution in [2.24, 2.45) is 5.73 Å². The van der Waals surface area contributed by atoms with Crippen LogP contribution in [0.2, 0.25) is 0 Å². The number of nitrogens with zero attached hydrogens (tertiary/aromatic N) is 3. The van der Waals surface area contributed by atoms with Crippen LogP contribution < -0.4 is 15.8 Å². The van der Waals surface area contributed by atoms with E-state index in [-0.39, 0.29) is 5.56 Å². The van der Waals surface area contributed by atoms with Gasteiger partial charge in [0.1, 0.15) is 11.6 Å². The predicted octanol–water partition coefficient (Wildman–Crippen LogP) is 3.28. The summed E-state index contributed by atoms with van der Waals surface area (Å²) in [5.41, 5.74) is 7.85. The molecule has 4 heterocycles. The average molecular weight is 468 g/mol. The van der Waals surface area contributed by atoms with E-state index in [1.54, 1.807) is 30.6 Å². The highest BCUT2D eigenvalue weighted by Crippen LogP contribution is 2.39. The molecule has 4 rings (SSSR count). The maximum absolute atomic E-state index is 14.0. The van der Waals surface area contributed by atoms with Gasteiger partial charge in [-0.25, -0.2) is 4.98 Å². The molecule has 0 saturated heterocycles. The number of H-pyrrole nitrogens is 1. The van der Waals surface area contributed by atoms with E-state index >= 15 is 0 Å². The molecule has 1 atom stereocenters. The quantitative estimate of drug-likeness (QED) is 0.311. The van der Waals surface area contributed by atoms with Gasteiger partial charge in [-0.2, -0.15) is 8.78 Å². The number of hydrogen-bond acceptors (Lipinski definition) is 7. The van der Waals surface area contributed by atoms with E-state index in [1.165, 1.54) is 13.2 Å². The Balaban J connectivity index is 1.91. The van der Waals surface area contributed by atoms with Crippen LogP contribution in [0.4, 0.5) is 14.6 Å². The van der Waals surface area contributed by atoms with Crippen LogP contribution in [0.25, 0.3) is 33.5 Å². The molecule has 1 unspecified atom stereocenters. The van der Waals surface area contributed by atoms with Crippen molar-refractivity contribution < 1.29 is 23.4 Å². The molecular formula is C23H22F2N6O3. The molecular weight excluding hydrogens is 446 g/mol. The number of aromatic nitrogens is 4. The fourth-order valence-corrected chi connectivity index (χ4v) is 3.56. The van der Waals surface area contributed by atoms with E-state index in [0.717, 1.165) is 11.8 Å². The maximum Gasteiger partial charge on any atom is 0.353 e. The van der Waals surface area contributed by atoms with Gasteiger partial charge in [-0.1, -0.05) is 0 Å². The van der Waals surface area contributed by atoms with Crippen LogP contribution in [-0.2, 0) is 4.79 Å². The number of aliphatic hydroxyl groups is 1. The zero-order valence-corrected chi connectivity index (χ0v) is 18.3. The second kappa shape index (κ2) is 9.02. The van der Waals surface area contributed by atoms with Crippen molar-refractivity contribution in [2.75, 3.05) is 19.0 Å². The monoisotopic (exact) mass is 468 g/mol. The molecule has 0 spiro atoms. The Hall–Kier alpha value is -4.12. The topological polar surface area (TPSA) is 139 Å². The molecule has 5 N–H and O–H groups in total. The number of nitrogens with two attached hydrogens (primary N) is 1. The standard InChI is InChI=1S/C23H22F2N6O3/c1-3-27-17-9-12(6-7-28-17)19-18(15-5-4-14(34-2)11-29-15)20-16(31-19)8-13(10-30-20)21(32)23(24,25)22(26)33/h4-11,21,31-32H,3H2,1-2H3,(H2,26,33)(H,27,28). The zero-order valence-electron chi connectivity index (χ0n) is 18.3. The third kappa shape index (κ3) is 4.13. The Morgan fingerprint density at radius 3 is 2.68 bits per heavy atom. The molecule has 0 aliphatic heterocycles. The first-order chi connectivity index (χ1) is 16.3. The number of hydrogen-bond donors (Lipinski definition) is 4. The minimum Gasteiger partial charge on any atom is -0.495 e. The number of alkyl halides is 2. The smallest absolute Gasteiger partial charge is 0.353 e. The van der Waals surface area contributed by atoms with Crippen LogP contribution >= 0.6 is 0 Å². The van der Waals surface area contributed by atoms with Gasteiger partial charge >= 0.3 is 5.92 Å². The van der Waals surface area contributed by atoms with Crippen LogP contribution in [-0.4, -0.2) is 50.5 Å². The number of nitrogens with one attached hydrogen (secondary N) is 2. The molecule has 34 heavy (non-hydrogen) atoms. The molecule has 11 heteroatoms. The first kappa shape index (κ1) is 23.1. The number of primary amides is 1. The Kier molecular flexibility index (Phi) is 6.12. The lowest BCUT2D eigenvalue weighted by Crippen LogP contribution is -2.41. The van der Waals surface area contributed by atoms with Gasteiger partial charge in [0.05, 0.1) is 41.3 Å². The highest BCUT2D eigenvalue weighted by molar-refractivity contribution is 6.01. The summed E-state index contributed by atoms with van der Waals surface area (Å²) in [7, 11) is 1.53. The molecule has 4 aromatic rings. The van der Waals surface area contributed by atoms with Gasteiger partial charge < -0.3 is 25.9 Å². The van der Waals surface area contributed by atoms with Crippen molar-refractivity contribution in [2.45, 2.75) is 19.0 Å². The fraction of sp³-hybridized carbons (Fsp3) is 0.217. The van der Waals surface area contributed by atoms with Crippen LogP contribution in [0.1, 0.15) is 18.6 Å². The van der Waals surface area contributed by atoms with E-state index in [1.807, 2.05) is 13.0 Å². The summed E-state index contributed by atoms with van der Waals surface area (Å²) in [4.78, 5) is 27.4. The Bertz CT molecular complexity index is 1340. The number of carbonyl (C=O) groups excluding carboxylic acids is 1. The van der Waals surface area contributed by atoms with Crippen molar-refractivity contribution in [1.29, 1.82) is 0 Å². The number of methoxy groups -OCH3 is 1. The third-order valence-electron chi connectivity index (χ3n) is 5.28. The van der Waals surface area contributed by atoms with Crippen LogP contribution in [0.3, 0.4) is 0 Å². The Morgan fingerprint density at radius 1 is 1.24 bits per heavy atom. The van der Waals surface area contributed by atoms with Crippen molar-refractivity contribution in [3.63, 3.8) is 0 Å². The Morgan fingerprint density at radius 2 is 2.03 bits per heavy atom. The van der Waals surface area contributed by atoms with Gasteiger partial charge in [-0.15, -0.1) is 0 Å². The lowest BCUT2D eigenvalue weighted by molar-refractivity contribution is -0.160. The number of aromatic amines is 1. The molecule has 0 aliphatic carbocycles. The van der Waals surface area contributed by atoms with Gasteiger partial charge in [0.2, 0.25) is 0 Å². The second-order valence-corrected chi connectivity index (χ2v) is 7.47. The normalized spacial score (nSPS) is 12.5. The summed E-state index contributed by atoms with van der Waals surface area (Å²) in [5.74, 6) is -4.87. The highest BCUT2D eigenvalue weighted by Gasteiger charge is 2.46. The van der Waals surface area contributed by atoms with Gasteiger partial charge in [0.15, 0.2) is 6.10 Å². The number of ether oxygens (including phenoxy) is 1. The average Bonchev–Trinajstić information content (AvgIpc) is 3.22. The second-order valence-electron chi connectivity index (χ2n) is 7.47. The van der Waals surface area contributed by atoms with E-state index in [9.17, 15) is 18.7 Å². The summed E-state index contributed by atoms with van der Waals surface area (Å²) in [6, 6.07) is 8.43. The molecule has 0 aliphatic rings. The highest BCUT2D eigenvalue weighted by atomic mass is 19.3. The number of rotatable bonds is 8. The van der Waals surface area contributed by atoms with E-state index < -0.39 is 17.9 Å². The number of pyridine rings is 3. The molecule has 1 amide bonds. The Labute approximate surface area is 193 Å². The van der Waals surface area contributed by atoms with E-state index in [2.05, 4.69) is 25.3 Å². The number of amides is 1. The van der Waals surface area contributed by atoms with Crippen LogP contribution in [0.5, 0.6) is 5.75 Å². The molecule has 0 radical (unpaired) electrons. The largest absolute Gasteiger partial charge is 0.495 e. The predicted molar refractivity (Wildman–Crippen MR) is 122 cm³/mol. The minimum absolute atomic E-state index is 0.263. The van der Waals surface area contributed by atoms with E-state index in [4.69, 9.17) is 10.5 Å². The number of aliphatic hydroxyl groups excluding tert-OH is 1. The van der Waals surface area contributed by atoms with Crippen molar-refractivity contribution in [3.8, 4) is 28.3 Å². The lowest BCUT2D eigenvalue weighted by Gasteiger charge is -2.19. The van der Waals surface area contributed by atoms with Gasteiger partial charge in [-0.3, -0.25) is 14.8 Å². The molecule has 4 aromatic heterocycles. The molecule has 9 nitrogen and oxygen atoms in total. The summed E-state index contributed by atoms with van der Waals surface area (Å²) in [5, 5.41) is 13.2. The number of halogens is 2. The summed E-state index contributed by atoms with van der Waals surface area (Å²) in [6.07, 6.45) is 1.84. The minimum atomic E-state index is -4.16. The van der Waals surface area contributed by atoms with Crippen molar-refractivity contribution in [3.05, 3.63) is 54.5 Å². The molecule has 0 bridgehead atoms. The van der Waals surface area contributed by atoms with Crippen LogP contribution in [0, 0.1) is 0 Å². The summed E-state index contributed by atoms with van der Waals surface area (Å²) in [6.45, 7) is 2.62. The van der Waals surface area contributed by atoms with Crippen molar-refractivity contribution >= 4 is 22.8 Å². The van der Waals surface area contributed by atoms with Crippen molar-refractivity contribution in [1.82, 2.24) is 19.9 Å². The first-order valence-electron chi connectivity index (χ1n) is 10.3. The maximum atomic E-state index is 14.0. The van der Waals surface area contributed by atoms with Gasteiger partial charge in [0, 0.05) is 30.1 Å². The number of carbonyl (C=O) groups is 1. The zero-order chi connectivity index (χ0) is 24.5. The third-order valence-corrected chi connectivity index (χ3v) is 5.28. The van der Waals surface area contributed by atoms with Crippen LogP contribution in [0.15, 0.2) is 48.9 Å².